The van der Waals surface area contributed by atoms with Gasteiger partial charge in [0, 0.05) is 43.7 Å². The molecule has 1 N–H and O–H groups in total. The average molecular weight is 412 g/mol. The Bertz CT molecular complexity index is 713. The molecule has 1 saturated heterocycles. The average Bonchev–Trinajstić information content (AvgIpc) is 3.43. The lowest BCUT2D eigenvalue weighted by molar-refractivity contribution is -0.135. The first-order chi connectivity index (χ1) is 12.8. The molecule has 0 radical (unpaired) electrons. The molecule has 2 heterocycles. The summed E-state index contributed by atoms with van der Waals surface area (Å²) in [6, 6.07) is 1.98. The van der Waals surface area contributed by atoms with Crippen LogP contribution in [0.15, 0.2) is 11.2 Å². The van der Waals surface area contributed by atoms with Crippen molar-refractivity contribution >= 4 is 41.0 Å². The first-order valence-corrected chi connectivity index (χ1v) is 10.7. The van der Waals surface area contributed by atoms with Gasteiger partial charge in [-0.1, -0.05) is 23.4 Å². The summed E-state index contributed by atoms with van der Waals surface area (Å²) >= 11 is 7.45. The topological polar surface area (TPSA) is 78.4 Å². The van der Waals surface area contributed by atoms with E-state index >= 15 is 0 Å². The van der Waals surface area contributed by atoms with Crippen molar-refractivity contribution in [2.24, 2.45) is 5.92 Å². The van der Waals surface area contributed by atoms with Gasteiger partial charge in [-0.25, -0.2) is 9.97 Å². The summed E-state index contributed by atoms with van der Waals surface area (Å²) in [5.41, 5.74) is 0. The maximum atomic E-state index is 12.4. The Balaban J connectivity index is 1.62. The quantitative estimate of drug-likeness (QED) is 0.439. The van der Waals surface area contributed by atoms with Crippen LogP contribution in [-0.2, 0) is 9.59 Å². The number of piperazine rings is 1. The standard InChI is InChI=1S/C18H26ClN5O2S/c1-11(2)20-16(25)10-27-18-21-14(19)8-15(22-18)23-6-7-24(12(3)9-23)17(26)13-4-5-13/h8,11-13H,4-7,9-10H2,1-3H3,(H,20,25). The number of nitrogens with one attached hydrogen (secondary N) is 1. The lowest BCUT2D eigenvalue weighted by Crippen LogP contribution is -2.54. The Kier molecular flexibility index (Phi) is 6.47. The van der Waals surface area contributed by atoms with Crippen LogP contribution in [0.25, 0.3) is 0 Å². The van der Waals surface area contributed by atoms with Crippen LogP contribution in [0, 0.1) is 5.92 Å². The Morgan fingerprint density at radius 2 is 2.07 bits per heavy atom. The van der Waals surface area contributed by atoms with Gasteiger partial charge in [0.1, 0.15) is 11.0 Å². The van der Waals surface area contributed by atoms with E-state index in [-0.39, 0.29) is 35.6 Å². The van der Waals surface area contributed by atoms with Gasteiger partial charge in [-0.15, -0.1) is 0 Å². The molecule has 0 aromatic carbocycles. The Hall–Kier alpha value is -1.54. The number of halogens is 1. The molecule has 1 aliphatic heterocycles. The minimum atomic E-state index is -0.0547. The zero-order chi connectivity index (χ0) is 19.6. The molecule has 2 amide bonds. The SMILES string of the molecule is CC(C)NC(=O)CSc1nc(Cl)cc(N2CCN(C(=O)C3CC3)C(C)C2)n1. The molecular weight excluding hydrogens is 386 g/mol. The molecule has 0 spiro atoms. The van der Waals surface area contributed by atoms with Crippen LogP contribution in [0.3, 0.4) is 0 Å². The molecule has 7 nitrogen and oxygen atoms in total. The monoisotopic (exact) mass is 411 g/mol. The van der Waals surface area contributed by atoms with Crippen LogP contribution in [0.5, 0.6) is 0 Å². The van der Waals surface area contributed by atoms with Gasteiger partial charge in [0.2, 0.25) is 11.8 Å². The highest BCUT2D eigenvalue weighted by atomic mass is 35.5. The molecule has 2 fully saturated rings. The third-order valence-electron chi connectivity index (χ3n) is 4.60. The number of thioether (sulfide) groups is 1. The number of amides is 2. The molecule has 1 unspecified atom stereocenters. The normalized spacial score (nSPS) is 20.1. The Labute approximate surface area is 169 Å². The molecule has 3 rings (SSSR count). The molecule has 1 aliphatic carbocycles. The Morgan fingerprint density at radius 3 is 2.70 bits per heavy atom. The van der Waals surface area contributed by atoms with Crippen molar-refractivity contribution in [3.05, 3.63) is 11.2 Å². The van der Waals surface area contributed by atoms with Gasteiger partial charge >= 0.3 is 0 Å². The lowest BCUT2D eigenvalue weighted by Gasteiger charge is -2.40. The van der Waals surface area contributed by atoms with Gasteiger partial charge in [0.05, 0.1) is 5.75 Å². The first kappa shape index (κ1) is 20.2. The summed E-state index contributed by atoms with van der Waals surface area (Å²) in [7, 11) is 0. The highest BCUT2D eigenvalue weighted by Crippen LogP contribution is 2.32. The summed E-state index contributed by atoms with van der Waals surface area (Å²) in [5, 5.41) is 3.69. The molecule has 9 heteroatoms. The van der Waals surface area contributed by atoms with Crippen molar-refractivity contribution in [3.63, 3.8) is 0 Å². The van der Waals surface area contributed by atoms with Crippen molar-refractivity contribution < 1.29 is 9.59 Å². The highest BCUT2D eigenvalue weighted by molar-refractivity contribution is 7.99. The molecule has 2 aliphatic rings. The zero-order valence-electron chi connectivity index (χ0n) is 15.9. The number of aromatic nitrogens is 2. The second-order valence-corrected chi connectivity index (χ2v) is 8.77. The lowest BCUT2D eigenvalue weighted by atomic mass is 10.1. The van der Waals surface area contributed by atoms with E-state index in [9.17, 15) is 9.59 Å². The van der Waals surface area contributed by atoms with Crippen molar-refractivity contribution in [2.45, 2.75) is 50.9 Å². The van der Waals surface area contributed by atoms with E-state index in [1.807, 2.05) is 18.7 Å². The van der Waals surface area contributed by atoms with Gasteiger partial charge in [0.25, 0.3) is 0 Å². The second kappa shape index (κ2) is 8.65. The van der Waals surface area contributed by atoms with Crippen LogP contribution in [0.2, 0.25) is 5.15 Å². The smallest absolute Gasteiger partial charge is 0.230 e. The molecule has 1 aromatic rings. The summed E-state index contributed by atoms with van der Waals surface area (Å²) in [6.07, 6.45) is 2.05. The van der Waals surface area contributed by atoms with Gasteiger partial charge in [-0.3, -0.25) is 9.59 Å². The predicted molar refractivity (Wildman–Crippen MR) is 107 cm³/mol. The number of hydrogen-bond donors (Lipinski definition) is 1. The minimum absolute atomic E-state index is 0.0547. The van der Waals surface area contributed by atoms with E-state index in [0.717, 1.165) is 18.7 Å². The molecule has 0 bridgehead atoms. The van der Waals surface area contributed by atoms with E-state index in [1.54, 1.807) is 6.07 Å². The number of carbonyl (C=O) groups is 2. The fraction of sp³-hybridized carbons (Fsp3) is 0.667. The summed E-state index contributed by atoms with van der Waals surface area (Å²) < 4.78 is 0. The zero-order valence-corrected chi connectivity index (χ0v) is 17.5. The van der Waals surface area contributed by atoms with E-state index in [1.165, 1.54) is 11.8 Å². The Morgan fingerprint density at radius 1 is 1.33 bits per heavy atom. The largest absolute Gasteiger partial charge is 0.353 e. The number of carbonyl (C=O) groups excluding carboxylic acids is 2. The highest BCUT2D eigenvalue weighted by Gasteiger charge is 2.37. The van der Waals surface area contributed by atoms with Crippen LogP contribution in [0.4, 0.5) is 5.82 Å². The third kappa shape index (κ3) is 5.48. The van der Waals surface area contributed by atoms with Crippen molar-refractivity contribution in [1.29, 1.82) is 0 Å². The van der Waals surface area contributed by atoms with E-state index < -0.39 is 0 Å². The van der Waals surface area contributed by atoms with Gasteiger partial charge in [-0.2, -0.15) is 0 Å². The van der Waals surface area contributed by atoms with Gasteiger partial charge in [0.15, 0.2) is 5.16 Å². The molecule has 27 heavy (non-hydrogen) atoms. The molecule has 1 aromatic heterocycles. The van der Waals surface area contributed by atoms with Crippen LogP contribution >= 0.6 is 23.4 Å². The number of anilines is 1. The molecule has 1 atom stereocenters. The van der Waals surface area contributed by atoms with E-state index in [0.29, 0.717) is 29.9 Å². The first-order valence-electron chi connectivity index (χ1n) is 9.35. The number of rotatable bonds is 6. The molecule has 148 valence electrons. The number of hydrogen-bond acceptors (Lipinski definition) is 6. The van der Waals surface area contributed by atoms with E-state index in [4.69, 9.17) is 11.6 Å². The molecular formula is C18H26ClN5O2S. The van der Waals surface area contributed by atoms with Gasteiger partial charge in [-0.05, 0) is 33.6 Å². The molecule has 1 saturated carbocycles. The van der Waals surface area contributed by atoms with Crippen LogP contribution in [0.1, 0.15) is 33.6 Å². The fourth-order valence-electron chi connectivity index (χ4n) is 3.16. The summed E-state index contributed by atoms with van der Waals surface area (Å²) in [6.45, 7) is 8.03. The second-order valence-electron chi connectivity index (χ2n) is 7.44. The third-order valence-corrected chi connectivity index (χ3v) is 5.64. The summed E-state index contributed by atoms with van der Waals surface area (Å²) in [4.78, 5) is 37.1. The van der Waals surface area contributed by atoms with Crippen molar-refractivity contribution in [1.82, 2.24) is 20.2 Å². The fourth-order valence-corrected chi connectivity index (χ4v) is 4.06. The van der Waals surface area contributed by atoms with Crippen LogP contribution < -0.4 is 10.2 Å². The summed E-state index contributed by atoms with van der Waals surface area (Å²) in [5.74, 6) is 1.47. The van der Waals surface area contributed by atoms with E-state index in [2.05, 4.69) is 27.1 Å². The van der Waals surface area contributed by atoms with Gasteiger partial charge < -0.3 is 15.1 Å². The van der Waals surface area contributed by atoms with Crippen molar-refractivity contribution in [2.75, 3.05) is 30.3 Å². The predicted octanol–water partition coefficient (Wildman–Crippen LogP) is 2.19. The minimum Gasteiger partial charge on any atom is -0.353 e. The van der Waals surface area contributed by atoms with Crippen molar-refractivity contribution in [3.8, 4) is 0 Å². The maximum Gasteiger partial charge on any atom is 0.230 e. The maximum absolute atomic E-state index is 12.4. The number of nitrogens with zero attached hydrogens (tertiary/aromatic N) is 4. The van der Waals surface area contributed by atoms with Crippen LogP contribution in [-0.4, -0.2) is 64.2 Å².